The van der Waals surface area contributed by atoms with E-state index >= 15 is 0 Å². The summed E-state index contributed by atoms with van der Waals surface area (Å²) >= 11 is 0. The number of methoxy groups -OCH3 is 1. The number of phenols is 1. The van der Waals surface area contributed by atoms with Crippen LogP contribution in [-0.4, -0.2) is 32.1 Å². The summed E-state index contributed by atoms with van der Waals surface area (Å²) < 4.78 is 34.9. The van der Waals surface area contributed by atoms with Crippen LogP contribution in [-0.2, 0) is 10.0 Å². The molecular weight excluding hydrogens is 416 g/mol. The molecule has 0 spiro atoms. The van der Waals surface area contributed by atoms with Crippen LogP contribution in [0, 0.1) is 0 Å². The van der Waals surface area contributed by atoms with E-state index in [1.54, 1.807) is 48.5 Å². The molecule has 7 nitrogen and oxygen atoms in total. The monoisotopic (exact) mass is 434 g/mol. The molecule has 0 aliphatic heterocycles. The second-order valence-electron chi connectivity index (χ2n) is 6.73. The van der Waals surface area contributed by atoms with Gasteiger partial charge in [-0.15, -0.1) is 0 Å². The summed E-state index contributed by atoms with van der Waals surface area (Å²) in [5, 5.41) is 12.4. The molecule has 156 valence electrons. The normalized spacial score (nSPS) is 14.7. The van der Waals surface area contributed by atoms with Crippen molar-refractivity contribution in [1.82, 2.24) is 0 Å². The number of fused-ring (bicyclic) bond motifs is 1. The first-order valence-corrected chi connectivity index (χ1v) is 10.7. The minimum Gasteiger partial charge on any atom is -0.508 e. The number of Topliss-reactive ketones (excluding diaryl/α,β-unsaturated/α-hetero) is 1. The van der Waals surface area contributed by atoms with Crippen molar-refractivity contribution in [1.29, 1.82) is 0 Å². The Kier molecular flexibility index (Phi) is 5.31. The number of aromatic hydroxyl groups is 1. The van der Waals surface area contributed by atoms with E-state index in [1.165, 1.54) is 37.5 Å². The summed E-state index contributed by atoms with van der Waals surface area (Å²) in [6.07, 6.45) is 1.42. The van der Waals surface area contributed by atoms with E-state index in [1.807, 2.05) is 0 Å². The molecule has 0 bridgehead atoms. The Hall–Kier alpha value is -3.91. The lowest BCUT2D eigenvalue weighted by Crippen LogP contribution is -2.22. The second kappa shape index (κ2) is 8.08. The maximum atomic E-state index is 12.9. The van der Waals surface area contributed by atoms with Crippen LogP contribution in [0.5, 0.6) is 11.5 Å². The van der Waals surface area contributed by atoms with Gasteiger partial charge in [-0.05, 0) is 54.6 Å². The van der Waals surface area contributed by atoms with Gasteiger partial charge >= 0.3 is 0 Å². The first kappa shape index (κ1) is 20.4. The fourth-order valence-corrected chi connectivity index (χ4v) is 4.12. The lowest BCUT2D eigenvalue weighted by Gasteiger charge is -2.18. The van der Waals surface area contributed by atoms with Crippen LogP contribution in [0.3, 0.4) is 0 Å². The maximum Gasteiger partial charge on any atom is 0.282 e. The summed E-state index contributed by atoms with van der Waals surface area (Å²) in [7, 11) is -2.54. The van der Waals surface area contributed by atoms with Crippen LogP contribution in [0.4, 0.5) is 5.69 Å². The van der Waals surface area contributed by atoms with Gasteiger partial charge in [0.2, 0.25) is 5.78 Å². The van der Waals surface area contributed by atoms with E-state index < -0.39 is 10.0 Å². The quantitative estimate of drug-likeness (QED) is 0.592. The minimum atomic E-state index is -4.03. The number of nitrogens with zero attached hydrogens (tertiary/aromatic N) is 1. The Bertz CT molecular complexity index is 1310. The van der Waals surface area contributed by atoms with Gasteiger partial charge in [0.25, 0.3) is 10.0 Å². The molecule has 1 aliphatic carbocycles. The van der Waals surface area contributed by atoms with Gasteiger partial charge in [-0.3, -0.25) is 4.79 Å². The third-order valence-electron chi connectivity index (χ3n) is 4.70. The Morgan fingerprint density at radius 2 is 1.55 bits per heavy atom. The zero-order chi connectivity index (χ0) is 22.0. The summed E-state index contributed by atoms with van der Waals surface area (Å²) in [5.41, 5.74) is 1.66. The average molecular weight is 434 g/mol. The number of carbonyl (C=O) groups excluding carboxylic acids is 1. The molecule has 1 aliphatic rings. The molecule has 0 saturated heterocycles. The third kappa shape index (κ3) is 4.19. The molecule has 0 radical (unpaired) electrons. The van der Waals surface area contributed by atoms with Crippen molar-refractivity contribution < 1.29 is 23.1 Å². The number of sulfonamides is 1. The predicted molar refractivity (Wildman–Crippen MR) is 117 cm³/mol. The Balaban J connectivity index is 1.78. The Morgan fingerprint density at radius 1 is 0.903 bits per heavy atom. The zero-order valence-corrected chi connectivity index (χ0v) is 17.3. The number of hydrogen-bond donors (Lipinski definition) is 2. The van der Waals surface area contributed by atoms with Gasteiger partial charge in [-0.25, -0.2) is 0 Å². The Labute approximate surface area is 179 Å². The topological polar surface area (TPSA) is 105 Å². The first-order valence-electron chi connectivity index (χ1n) is 9.28. The highest BCUT2D eigenvalue weighted by Crippen LogP contribution is 2.26. The lowest BCUT2D eigenvalue weighted by molar-refractivity contribution is 0.103. The number of anilines is 1. The molecule has 4 rings (SSSR count). The van der Waals surface area contributed by atoms with Gasteiger partial charge in [0.1, 0.15) is 11.5 Å². The molecule has 0 unspecified atom stereocenters. The molecular formula is C23H18N2O5S. The van der Waals surface area contributed by atoms with Gasteiger partial charge < -0.3 is 15.2 Å². The predicted octanol–water partition coefficient (Wildman–Crippen LogP) is 3.77. The zero-order valence-electron chi connectivity index (χ0n) is 16.4. The van der Waals surface area contributed by atoms with E-state index in [0.29, 0.717) is 22.6 Å². The molecule has 0 fully saturated rings. The lowest BCUT2D eigenvalue weighted by atomic mass is 9.92. The number of allylic oxidation sites excluding steroid dienone is 2. The highest BCUT2D eigenvalue weighted by atomic mass is 32.2. The summed E-state index contributed by atoms with van der Waals surface area (Å²) in [4.78, 5) is 13.0. The first-order chi connectivity index (χ1) is 14.9. The molecule has 0 aromatic heterocycles. The van der Waals surface area contributed by atoms with Crippen LogP contribution < -0.4 is 10.1 Å². The molecule has 8 heteroatoms. The second-order valence-corrected chi connectivity index (χ2v) is 8.34. The van der Waals surface area contributed by atoms with E-state index in [2.05, 4.69) is 9.71 Å². The summed E-state index contributed by atoms with van der Waals surface area (Å²) in [6.45, 7) is 0. The average Bonchev–Trinajstić information content (AvgIpc) is 2.78. The van der Waals surface area contributed by atoms with Crippen LogP contribution in [0.25, 0.3) is 0 Å². The summed E-state index contributed by atoms with van der Waals surface area (Å²) in [5.74, 6) is 0.331. The smallest absolute Gasteiger partial charge is 0.282 e. The fourth-order valence-electron chi connectivity index (χ4n) is 3.13. The molecule has 0 saturated carbocycles. The SMILES string of the molecule is COc1ccc(S(=O)(=O)/N=C2/C=C(Nc3ccc(O)cc3)C(=O)c3ccccc32)cc1. The van der Waals surface area contributed by atoms with Crippen LogP contribution in [0.2, 0.25) is 0 Å². The van der Waals surface area contributed by atoms with Crippen LogP contribution in [0.1, 0.15) is 15.9 Å². The van der Waals surface area contributed by atoms with Crippen molar-refractivity contribution >= 4 is 27.2 Å². The standard InChI is InChI=1S/C23H18N2O5S/c1-30-17-10-12-18(13-11-17)31(28,29)25-21-14-22(24-15-6-8-16(26)9-7-15)23(27)20-5-3-2-4-19(20)21/h2-14,24,26H,1H3/b25-21-. The molecule has 3 aromatic carbocycles. The van der Waals surface area contributed by atoms with Gasteiger partial charge in [0, 0.05) is 16.8 Å². The highest BCUT2D eigenvalue weighted by Gasteiger charge is 2.26. The fraction of sp³-hybridized carbons (Fsp3) is 0.0435. The van der Waals surface area contributed by atoms with Gasteiger partial charge in [0.15, 0.2) is 0 Å². The highest BCUT2D eigenvalue weighted by molar-refractivity contribution is 7.90. The molecule has 0 atom stereocenters. The van der Waals surface area contributed by atoms with Gasteiger partial charge in [-0.1, -0.05) is 24.3 Å². The van der Waals surface area contributed by atoms with Gasteiger partial charge in [0.05, 0.1) is 23.4 Å². The van der Waals surface area contributed by atoms with Gasteiger partial charge in [-0.2, -0.15) is 12.8 Å². The third-order valence-corrected chi connectivity index (χ3v) is 6.00. The maximum absolute atomic E-state index is 12.9. The Morgan fingerprint density at radius 3 is 2.19 bits per heavy atom. The number of carbonyl (C=O) groups is 1. The molecule has 3 aromatic rings. The largest absolute Gasteiger partial charge is 0.508 e. The summed E-state index contributed by atoms with van der Waals surface area (Å²) in [6, 6.07) is 18.8. The van der Waals surface area contributed by atoms with E-state index in [4.69, 9.17) is 4.74 Å². The van der Waals surface area contributed by atoms with E-state index in [9.17, 15) is 18.3 Å². The molecule has 0 heterocycles. The van der Waals surface area contributed by atoms with Crippen molar-refractivity contribution in [2.75, 3.05) is 12.4 Å². The number of phenolic OH excluding ortho intramolecular Hbond substituents is 1. The van der Waals surface area contributed by atoms with E-state index in [-0.39, 0.29) is 27.8 Å². The molecule has 0 amide bonds. The number of ketones is 1. The van der Waals surface area contributed by atoms with Crippen LogP contribution >= 0.6 is 0 Å². The number of nitrogens with one attached hydrogen (secondary N) is 1. The van der Waals surface area contributed by atoms with Crippen molar-refractivity contribution in [3.05, 3.63) is 95.7 Å². The number of rotatable bonds is 5. The van der Waals surface area contributed by atoms with Crippen LogP contribution in [0.15, 0.2) is 93.9 Å². The van der Waals surface area contributed by atoms with Crippen molar-refractivity contribution in [3.63, 3.8) is 0 Å². The number of ether oxygens (including phenoxy) is 1. The van der Waals surface area contributed by atoms with Crippen molar-refractivity contribution in [3.8, 4) is 11.5 Å². The number of hydrogen-bond acceptors (Lipinski definition) is 6. The molecule has 2 N–H and O–H groups in total. The van der Waals surface area contributed by atoms with Crippen molar-refractivity contribution in [2.45, 2.75) is 4.90 Å². The van der Waals surface area contributed by atoms with Crippen molar-refractivity contribution in [2.24, 2.45) is 4.40 Å². The molecule has 31 heavy (non-hydrogen) atoms. The number of benzene rings is 3. The van der Waals surface area contributed by atoms with E-state index in [0.717, 1.165) is 0 Å². The minimum absolute atomic E-state index is 0.0108.